The molecule has 0 atom stereocenters. The van der Waals surface area contributed by atoms with E-state index in [9.17, 15) is 9.59 Å². The number of aromatic amines is 2. The smallest absolute Gasteiger partial charge is 0.355 e. The SMILES string of the molecule is CCOC(=O)c1[nH]c2[nH]c3ccc(Cl)cc3c(=O)c2c1-c1ccccc1. The van der Waals surface area contributed by atoms with Crippen molar-refractivity contribution in [2.75, 3.05) is 6.61 Å². The van der Waals surface area contributed by atoms with Gasteiger partial charge in [0.05, 0.1) is 17.5 Å². The van der Waals surface area contributed by atoms with Crippen molar-refractivity contribution in [2.45, 2.75) is 6.92 Å². The molecule has 0 aliphatic carbocycles. The third kappa shape index (κ3) is 2.57. The van der Waals surface area contributed by atoms with Crippen LogP contribution in [-0.4, -0.2) is 22.5 Å². The number of carbonyl (C=O) groups excluding carboxylic acids is 1. The second-order valence-corrected chi connectivity index (χ2v) is 6.29. The fourth-order valence-corrected chi connectivity index (χ4v) is 3.33. The van der Waals surface area contributed by atoms with Gasteiger partial charge in [-0.3, -0.25) is 4.79 Å². The van der Waals surface area contributed by atoms with Crippen LogP contribution < -0.4 is 5.43 Å². The van der Waals surface area contributed by atoms with Gasteiger partial charge < -0.3 is 14.7 Å². The van der Waals surface area contributed by atoms with Gasteiger partial charge in [0.15, 0.2) is 5.43 Å². The lowest BCUT2D eigenvalue weighted by atomic mass is 10.0. The highest BCUT2D eigenvalue weighted by atomic mass is 35.5. The number of esters is 1. The molecule has 0 aliphatic heterocycles. The summed E-state index contributed by atoms with van der Waals surface area (Å²) in [5.74, 6) is -0.502. The van der Waals surface area contributed by atoms with Crippen LogP contribution in [0.4, 0.5) is 0 Å². The molecule has 130 valence electrons. The highest BCUT2D eigenvalue weighted by Gasteiger charge is 2.23. The Morgan fingerprint density at radius 1 is 1.12 bits per heavy atom. The van der Waals surface area contributed by atoms with Crippen LogP contribution in [-0.2, 0) is 4.74 Å². The molecule has 0 bridgehead atoms. The van der Waals surface area contributed by atoms with Gasteiger partial charge >= 0.3 is 5.97 Å². The molecule has 0 radical (unpaired) electrons. The molecular weight excluding hydrogens is 352 g/mol. The van der Waals surface area contributed by atoms with E-state index in [-0.39, 0.29) is 17.7 Å². The Hall–Kier alpha value is -3.05. The van der Waals surface area contributed by atoms with Crippen molar-refractivity contribution in [3.63, 3.8) is 0 Å². The van der Waals surface area contributed by atoms with Gasteiger partial charge in [0.1, 0.15) is 11.3 Å². The molecule has 2 N–H and O–H groups in total. The molecular formula is C20H15ClN2O3. The van der Waals surface area contributed by atoms with Gasteiger partial charge in [0, 0.05) is 16.0 Å². The number of aromatic nitrogens is 2. The summed E-state index contributed by atoms with van der Waals surface area (Å²) >= 11 is 6.06. The number of hydrogen-bond acceptors (Lipinski definition) is 3. The summed E-state index contributed by atoms with van der Waals surface area (Å²) in [5.41, 5.74) is 2.47. The zero-order chi connectivity index (χ0) is 18.3. The lowest BCUT2D eigenvalue weighted by Crippen LogP contribution is -2.07. The van der Waals surface area contributed by atoms with Crippen LogP contribution in [0.2, 0.25) is 5.02 Å². The summed E-state index contributed by atoms with van der Waals surface area (Å²) in [6, 6.07) is 14.4. The molecule has 6 heteroatoms. The minimum absolute atomic E-state index is 0.193. The first-order valence-electron chi connectivity index (χ1n) is 8.20. The number of benzene rings is 2. The first-order valence-corrected chi connectivity index (χ1v) is 8.57. The van der Waals surface area contributed by atoms with Gasteiger partial charge in [-0.1, -0.05) is 41.9 Å². The van der Waals surface area contributed by atoms with Crippen LogP contribution in [0.1, 0.15) is 17.4 Å². The van der Waals surface area contributed by atoms with E-state index in [0.29, 0.717) is 32.5 Å². The molecule has 0 saturated carbocycles. The minimum atomic E-state index is -0.502. The van der Waals surface area contributed by atoms with E-state index in [4.69, 9.17) is 16.3 Å². The Morgan fingerprint density at radius 2 is 1.88 bits per heavy atom. The first kappa shape index (κ1) is 16.4. The largest absolute Gasteiger partial charge is 0.461 e. The number of fused-ring (bicyclic) bond motifs is 2. The van der Waals surface area contributed by atoms with Crippen LogP contribution in [0, 0.1) is 0 Å². The number of rotatable bonds is 3. The van der Waals surface area contributed by atoms with Crippen LogP contribution >= 0.6 is 11.6 Å². The summed E-state index contributed by atoms with van der Waals surface area (Å²) < 4.78 is 5.17. The van der Waals surface area contributed by atoms with Crippen LogP contribution in [0.15, 0.2) is 53.3 Å². The average Bonchev–Trinajstić information content (AvgIpc) is 3.03. The normalized spacial score (nSPS) is 11.2. The molecule has 0 unspecified atom stereocenters. The maximum absolute atomic E-state index is 13.2. The van der Waals surface area contributed by atoms with Gasteiger partial charge in [0.25, 0.3) is 0 Å². The number of H-pyrrole nitrogens is 2. The number of ether oxygens (including phenoxy) is 1. The number of nitrogens with one attached hydrogen (secondary N) is 2. The zero-order valence-corrected chi connectivity index (χ0v) is 14.7. The lowest BCUT2D eigenvalue weighted by molar-refractivity contribution is 0.0521. The molecule has 2 aromatic heterocycles. The van der Waals surface area contributed by atoms with Crippen molar-refractivity contribution in [2.24, 2.45) is 0 Å². The second-order valence-electron chi connectivity index (χ2n) is 5.86. The molecule has 26 heavy (non-hydrogen) atoms. The molecule has 0 saturated heterocycles. The summed E-state index contributed by atoms with van der Waals surface area (Å²) in [6.45, 7) is 1.98. The molecule has 0 fully saturated rings. The fraction of sp³-hybridized carbons (Fsp3) is 0.100. The van der Waals surface area contributed by atoms with Crippen LogP contribution in [0.5, 0.6) is 0 Å². The third-order valence-electron chi connectivity index (χ3n) is 4.25. The molecule has 2 heterocycles. The summed E-state index contributed by atoms with van der Waals surface area (Å²) in [5, 5.41) is 1.36. The van der Waals surface area contributed by atoms with Gasteiger partial charge in [-0.25, -0.2) is 4.79 Å². The quantitative estimate of drug-likeness (QED) is 0.524. The first-order chi connectivity index (χ1) is 12.6. The van der Waals surface area contributed by atoms with E-state index < -0.39 is 5.97 Å². The fourth-order valence-electron chi connectivity index (χ4n) is 3.15. The Kier molecular flexibility index (Phi) is 4.01. The lowest BCUT2D eigenvalue weighted by Gasteiger charge is -2.05. The highest BCUT2D eigenvalue weighted by molar-refractivity contribution is 6.31. The maximum atomic E-state index is 13.2. The van der Waals surface area contributed by atoms with Gasteiger partial charge in [-0.15, -0.1) is 0 Å². The number of hydrogen-bond donors (Lipinski definition) is 2. The monoisotopic (exact) mass is 366 g/mol. The number of pyridine rings is 1. The molecule has 0 amide bonds. The van der Waals surface area contributed by atoms with E-state index in [2.05, 4.69) is 9.97 Å². The Bertz CT molecular complexity index is 1190. The number of carbonyl (C=O) groups is 1. The van der Waals surface area contributed by atoms with Gasteiger partial charge in [0.2, 0.25) is 0 Å². The Morgan fingerprint density at radius 3 is 2.62 bits per heavy atom. The van der Waals surface area contributed by atoms with Gasteiger partial charge in [-0.05, 0) is 30.7 Å². The van der Waals surface area contributed by atoms with Crippen LogP contribution in [0.25, 0.3) is 33.1 Å². The van der Waals surface area contributed by atoms with E-state index >= 15 is 0 Å². The average molecular weight is 367 g/mol. The molecule has 4 rings (SSSR count). The Balaban J connectivity index is 2.14. The Labute approximate surface area is 153 Å². The minimum Gasteiger partial charge on any atom is -0.461 e. The van der Waals surface area contributed by atoms with E-state index in [0.717, 1.165) is 5.56 Å². The standard InChI is InChI=1S/C20H15ClN2O3/c1-2-26-20(25)17-15(11-6-4-3-5-7-11)16-18(24)13-10-12(21)8-9-14(13)22-19(16)23-17/h3-10H,2H2,1H3,(H2,22,23,24). The number of halogens is 1. The van der Waals surface area contributed by atoms with Crippen LogP contribution in [0.3, 0.4) is 0 Å². The predicted molar refractivity (Wildman–Crippen MR) is 103 cm³/mol. The van der Waals surface area contributed by atoms with Crippen molar-refractivity contribution in [3.8, 4) is 11.1 Å². The molecule has 5 nitrogen and oxygen atoms in total. The third-order valence-corrected chi connectivity index (χ3v) is 4.49. The predicted octanol–water partition coefficient (Wildman–Crippen LogP) is 4.51. The van der Waals surface area contributed by atoms with E-state index in [1.165, 1.54) is 0 Å². The zero-order valence-electron chi connectivity index (χ0n) is 13.9. The van der Waals surface area contributed by atoms with Crippen molar-refractivity contribution in [1.29, 1.82) is 0 Å². The summed E-state index contributed by atoms with van der Waals surface area (Å²) in [6.07, 6.45) is 0. The van der Waals surface area contributed by atoms with Crippen molar-refractivity contribution in [3.05, 3.63) is 69.5 Å². The topological polar surface area (TPSA) is 75.0 Å². The summed E-state index contributed by atoms with van der Waals surface area (Å²) in [7, 11) is 0. The van der Waals surface area contributed by atoms with Crippen molar-refractivity contribution < 1.29 is 9.53 Å². The molecule has 2 aromatic carbocycles. The van der Waals surface area contributed by atoms with Crippen molar-refractivity contribution >= 4 is 39.5 Å². The second kappa shape index (κ2) is 6.35. The molecule has 0 spiro atoms. The molecule has 4 aromatic rings. The van der Waals surface area contributed by atoms with Gasteiger partial charge in [-0.2, -0.15) is 0 Å². The summed E-state index contributed by atoms with van der Waals surface area (Å²) in [4.78, 5) is 31.9. The maximum Gasteiger partial charge on any atom is 0.355 e. The van der Waals surface area contributed by atoms with E-state index in [1.807, 2.05) is 30.3 Å². The van der Waals surface area contributed by atoms with Crippen molar-refractivity contribution in [1.82, 2.24) is 9.97 Å². The molecule has 0 aliphatic rings. The highest BCUT2D eigenvalue weighted by Crippen LogP contribution is 2.31. The van der Waals surface area contributed by atoms with E-state index in [1.54, 1.807) is 25.1 Å².